The van der Waals surface area contributed by atoms with Crippen molar-refractivity contribution in [1.29, 1.82) is 0 Å². The molecule has 0 saturated carbocycles. The average Bonchev–Trinajstić information content (AvgIpc) is 3.19. The summed E-state index contributed by atoms with van der Waals surface area (Å²) in [6.45, 7) is 6.00. The monoisotopic (exact) mass is 385 g/mol. The van der Waals surface area contributed by atoms with E-state index >= 15 is 0 Å². The summed E-state index contributed by atoms with van der Waals surface area (Å²) in [5, 5.41) is 11.3. The third-order valence-corrected chi connectivity index (χ3v) is 5.67. The van der Waals surface area contributed by atoms with E-state index in [1.807, 2.05) is 25.2 Å². The molecule has 0 aliphatic carbocycles. The summed E-state index contributed by atoms with van der Waals surface area (Å²) in [6.07, 6.45) is 0. The van der Waals surface area contributed by atoms with Crippen molar-refractivity contribution >= 4 is 39.5 Å². The Morgan fingerprint density at radius 3 is 2.85 bits per heavy atom. The molecule has 1 aliphatic rings. The summed E-state index contributed by atoms with van der Waals surface area (Å²) in [5.41, 5.74) is 2.04. The molecule has 8 nitrogen and oxygen atoms in total. The largest absolute Gasteiger partial charge is 0.482 e. The van der Waals surface area contributed by atoms with Crippen LogP contribution >= 0.6 is 11.3 Å². The molecule has 0 saturated heterocycles. The van der Waals surface area contributed by atoms with Gasteiger partial charge in [0.1, 0.15) is 16.5 Å². The van der Waals surface area contributed by atoms with Crippen molar-refractivity contribution in [2.45, 2.75) is 26.7 Å². The van der Waals surface area contributed by atoms with Gasteiger partial charge in [0.25, 0.3) is 11.8 Å². The topological polar surface area (TPSA) is 88.8 Å². The van der Waals surface area contributed by atoms with Crippen LogP contribution in [-0.2, 0) is 4.79 Å². The number of hydrogen-bond acceptors (Lipinski definition) is 6. The molecule has 140 valence electrons. The summed E-state index contributed by atoms with van der Waals surface area (Å²) in [7, 11) is 1.69. The lowest BCUT2D eigenvalue weighted by atomic mass is 10.2. The zero-order chi connectivity index (χ0) is 19.3. The van der Waals surface area contributed by atoms with Crippen molar-refractivity contribution in [2.24, 2.45) is 0 Å². The molecule has 0 radical (unpaired) electrons. The molecule has 0 atom stereocenters. The average molecular weight is 385 g/mol. The number of nitrogens with zero attached hydrogens (tertiary/aromatic N) is 4. The summed E-state index contributed by atoms with van der Waals surface area (Å²) in [6, 6.07) is 5.25. The van der Waals surface area contributed by atoms with Crippen LogP contribution in [0.4, 0.5) is 11.4 Å². The van der Waals surface area contributed by atoms with E-state index in [0.29, 0.717) is 27.0 Å². The molecule has 0 fully saturated rings. The fourth-order valence-electron chi connectivity index (χ4n) is 3.05. The van der Waals surface area contributed by atoms with Crippen molar-refractivity contribution in [3.8, 4) is 5.75 Å². The van der Waals surface area contributed by atoms with E-state index in [0.717, 1.165) is 11.5 Å². The number of benzene rings is 1. The number of ether oxygens (including phenoxy) is 1. The number of aryl methyl sites for hydroxylation is 1. The SMILES string of the molecule is Cc1c(C(=O)Nc2ccc3c(c2)N(C)C(=O)CO3)sc2nnc(C(C)C)n12. The Bertz CT molecular complexity index is 1070. The summed E-state index contributed by atoms with van der Waals surface area (Å²) >= 11 is 1.31. The van der Waals surface area contributed by atoms with Crippen molar-refractivity contribution in [2.75, 3.05) is 23.9 Å². The molecule has 3 heterocycles. The van der Waals surface area contributed by atoms with E-state index in [4.69, 9.17) is 4.74 Å². The molecule has 1 aliphatic heterocycles. The summed E-state index contributed by atoms with van der Waals surface area (Å²) < 4.78 is 7.34. The van der Waals surface area contributed by atoms with Crippen LogP contribution in [0.25, 0.3) is 4.96 Å². The molecule has 1 N–H and O–H groups in total. The first-order chi connectivity index (χ1) is 12.9. The van der Waals surface area contributed by atoms with Crippen LogP contribution in [0.1, 0.15) is 41.0 Å². The van der Waals surface area contributed by atoms with Crippen molar-refractivity contribution in [3.05, 3.63) is 34.6 Å². The maximum atomic E-state index is 12.8. The number of aromatic nitrogens is 3. The molecule has 2 aromatic heterocycles. The molecule has 0 spiro atoms. The van der Waals surface area contributed by atoms with E-state index in [1.165, 1.54) is 16.2 Å². The molecular weight excluding hydrogens is 366 g/mol. The van der Waals surface area contributed by atoms with Gasteiger partial charge in [-0.25, -0.2) is 0 Å². The predicted molar refractivity (Wildman–Crippen MR) is 103 cm³/mol. The number of hydrogen-bond donors (Lipinski definition) is 1. The Morgan fingerprint density at radius 1 is 1.33 bits per heavy atom. The fraction of sp³-hybridized carbons (Fsp3) is 0.333. The van der Waals surface area contributed by atoms with E-state index in [-0.39, 0.29) is 24.3 Å². The lowest BCUT2D eigenvalue weighted by molar-refractivity contribution is -0.120. The van der Waals surface area contributed by atoms with Gasteiger partial charge in [0.15, 0.2) is 6.61 Å². The summed E-state index contributed by atoms with van der Waals surface area (Å²) in [4.78, 5) is 27.4. The molecule has 3 aromatic rings. The van der Waals surface area contributed by atoms with Crippen molar-refractivity contribution < 1.29 is 14.3 Å². The minimum Gasteiger partial charge on any atom is -0.482 e. The highest BCUT2D eigenvalue weighted by Crippen LogP contribution is 2.34. The Labute approximate surface area is 159 Å². The molecule has 9 heteroatoms. The standard InChI is InChI=1S/C18H19N5O3S/c1-9(2)16-20-21-18-23(16)10(3)15(27-18)17(25)19-11-5-6-13-12(7-11)22(4)14(24)8-26-13/h5-7,9H,8H2,1-4H3,(H,19,25). The maximum absolute atomic E-state index is 12.8. The van der Waals surface area contributed by atoms with Crippen LogP contribution in [0.15, 0.2) is 18.2 Å². The normalized spacial score (nSPS) is 13.8. The minimum absolute atomic E-state index is 0.0234. The third-order valence-electron chi connectivity index (χ3n) is 4.54. The molecule has 2 amide bonds. The Balaban J connectivity index is 1.64. The van der Waals surface area contributed by atoms with Gasteiger partial charge in [0.2, 0.25) is 4.96 Å². The maximum Gasteiger partial charge on any atom is 0.267 e. The van der Waals surface area contributed by atoms with Crippen LogP contribution in [0, 0.1) is 6.92 Å². The molecule has 27 heavy (non-hydrogen) atoms. The van der Waals surface area contributed by atoms with E-state index < -0.39 is 0 Å². The number of carbonyl (C=O) groups is 2. The number of amides is 2. The lowest BCUT2D eigenvalue weighted by Crippen LogP contribution is -2.35. The molecule has 0 bridgehead atoms. The first-order valence-corrected chi connectivity index (χ1v) is 9.37. The fourth-order valence-corrected chi connectivity index (χ4v) is 4.02. The second-order valence-electron chi connectivity index (χ2n) is 6.73. The quantitative estimate of drug-likeness (QED) is 0.749. The minimum atomic E-state index is -0.219. The number of carbonyl (C=O) groups excluding carboxylic acids is 2. The van der Waals surface area contributed by atoms with Crippen LogP contribution in [0.2, 0.25) is 0 Å². The third kappa shape index (κ3) is 2.84. The smallest absolute Gasteiger partial charge is 0.267 e. The molecule has 1 aromatic carbocycles. The molecular formula is C18H19N5O3S. The van der Waals surface area contributed by atoms with E-state index in [1.54, 1.807) is 25.2 Å². The van der Waals surface area contributed by atoms with Crippen LogP contribution in [0.3, 0.4) is 0 Å². The number of thiazole rings is 1. The number of rotatable bonds is 3. The van der Waals surface area contributed by atoms with E-state index in [9.17, 15) is 9.59 Å². The second-order valence-corrected chi connectivity index (χ2v) is 7.70. The number of nitrogens with one attached hydrogen (secondary N) is 1. The van der Waals surface area contributed by atoms with Gasteiger partial charge in [-0.1, -0.05) is 25.2 Å². The van der Waals surface area contributed by atoms with Crippen molar-refractivity contribution in [1.82, 2.24) is 14.6 Å². The second kappa shape index (κ2) is 6.34. The van der Waals surface area contributed by atoms with Gasteiger partial charge in [-0.3, -0.25) is 14.0 Å². The predicted octanol–water partition coefficient (Wildman–Crippen LogP) is 2.83. The zero-order valence-corrected chi connectivity index (χ0v) is 16.3. The molecule has 4 rings (SSSR count). The Morgan fingerprint density at radius 2 is 2.11 bits per heavy atom. The highest BCUT2D eigenvalue weighted by atomic mass is 32.1. The van der Waals surface area contributed by atoms with E-state index in [2.05, 4.69) is 15.5 Å². The highest BCUT2D eigenvalue weighted by molar-refractivity contribution is 7.19. The zero-order valence-electron chi connectivity index (χ0n) is 15.4. The van der Waals surface area contributed by atoms with Gasteiger partial charge >= 0.3 is 0 Å². The lowest BCUT2D eigenvalue weighted by Gasteiger charge is -2.26. The highest BCUT2D eigenvalue weighted by Gasteiger charge is 2.24. The number of likely N-dealkylation sites (N-methyl/N-ethyl adjacent to an activating group) is 1. The van der Waals surface area contributed by atoms with Crippen LogP contribution in [-0.4, -0.2) is 40.1 Å². The van der Waals surface area contributed by atoms with Crippen LogP contribution < -0.4 is 15.0 Å². The Hall–Kier alpha value is -2.94. The first-order valence-electron chi connectivity index (χ1n) is 8.56. The van der Waals surface area contributed by atoms with Crippen molar-refractivity contribution in [3.63, 3.8) is 0 Å². The number of fused-ring (bicyclic) bond motifs is 2. The van der Waals surface area contributed by atoms with Crippen LogP contribution in [0.5, 0.6) is 5.75 Å². The Kier molecular flexibility index (Phi) is 4.11. The van der Waals surface area contributed by atoms with Gasteiger partial charge in [0, 0.05) is 24.3 Å². The van der Waals surface area contributed by atoms with Gasteiger partial charge in [-0.15, -0.1) is 10.2 Å². The van der Waals surface area contributed by atoms with Gasteiger partial charge in [-0.05, 0) is 25.1 Å². The first kappa shape index (κ1) is 17.5. The van der Waals surface area contributed by atoms with Gasteiger partial charge in [-0.2, -0.15) is 0 Å². The van der Waals surface area contributed by atoms with Gasteiger partial charge in [0.05, 0.1) is 5.69 Å². The van der Waals surface area contributed by atoms with Gasteiger partial charge < -0.3 is 15.0 Å². The molecule has 0 unspecified atom stereocenters. The number of anilines is 2. The summed E-state index contributed by atoms with van der Waals surface area (Å²) in [5.74, 6) is 1.31.